The highest BCUT2D eigenvalue weighted by Crippen LogP contribution is 2.27. The van der Waals surface area contributed by atoms with Crippen LogP contribution in [0.4, 0.5) is 11.5 Å². The molecule has 0 spiro atoms. The van der Waals surface area contributed by atoms with Crippen molar-refractivity contribution in [3.05, 3.63) is 84.1 Å². The zero-order valence-corrected chi connectivity index (χ0v) is 16.8. The number of pyridine rings is 1. The summed E-state index contributed by atoms with van der Waals surface area (Å²) < 4.78 is 11.6. The van der Waals surface area contributed by atoms with Gasteiger partial charge in [0.05, 0.1) is 25.0 Å². The van der Waals surface area contributed by atoms with E-state index in [9.17, 15) is 0 Å². The number of nitrogens with zero attached hydrogens (tertiary/aromatic N) is 2. The van der Waals surface area contributed by atoms with Gasteiger partial charge in [-0.25, -0.2) is 4.98 Å². The molecule has 2 aromatic carbocycles. The average molecular weight is 389 g/mol. The van der Waals surface area contributed by atoms with Crippen LogP contribution in [-0.2, 0) is 11.3 Å². The standard InChI is InChI=1S/C24H27N3O2/c1-2-28-22-11-7-6-10-21(22)26-24-13-12-19(16-25-24)17-27-14-15-29-23(18-27)20-8-4-3-5-9-20/h3-13,16,23H,2,14-15,17-18H2,1H3,(H,25,26). The van der Waals surface area contributed by atoms with Gasteiger partial charge in [-0.2, -0.15) is 0 Å². The van der Waals surface area contributed by atoms with Crippen molar-refractivity contribution in [1.29, 1.82) is 0 Å². The molecule has 0 bridgehead atoms. The first-order valence-corrected chi connectivity index (χ1v) is 10.1. The number of hydrogen-bond acceptors (Lipinski definition) is 5. The molecule has 0 saturated carbocycles. The summed E-state index contributed by atoms with van der Waals surface area (Å²) in [5.74, 6) is 1.64. The zero-order chi connectivity index (χ0) is 19.9. The summed E-state index contributed by atoms with van der Waals surface area (Å²) in [6.45, 7) is 6.07. The lowest BCUT2D eigenvalue weighted by molar-refractivity contribution is -0.0329. The quantitative estimate of drug-likeness (QED) is 0.629. The molecule has 5 nitrogen and oxygen atoms in total. The van der Waals surface area contributed by atoms with E-state index < -0.39 is 0 Å². The molecule has 1 atom stereocenters. The highest BCUT2D eigenvalue weighted by molar-refractivity contribution is 5.63. The van der Waals surface area contributed by atoms with Gasteiger partial charge in [0, 0.05) is 25.8 Å². The molecule has 5 heteroatoms. The van der Waals surface area contributed by atoms with E-state index in [1.807, 2.05) is 49.5 Å². The highest BCUT2D eigenvalue weighted by atomic mass is 16.5. The lowest BCUT2D eigenvalue weighted by atomic mass is 10.1. The van der Waals surface area contributed by atoms with Crippen LogP contribution in [0.5, 0.6) is 5.75 Å². The first-order chi connectivity index (χ1) is 14.3. The largest absolute Gasteiger partial charge is 0.492 e. The molecule has 150 valence electrons. The monoisotopic (exact) mass is 389 g/mol. The molecule has 0 radical (unpaired) electrons. The van der Waals surface area contributed by atoms with Crippen molar-refractivity contribution in [3.63, 3.8) is 0 Å². The van der Waals surface area contributed by atoms with Gasteiger partial charge in [0.1, 0.15) is 11.6 Å². The Morgan fingerprint density at radius 3 is 2.69 bits per heavy atom. The van der Waals surface area contributed by atoms with Crippen LogP contribution in [0.2, 0.25) is 0 Å². The van der Waals surface area contributed by atoms with E-state index in [0.29, 0.717) is 6.61 Å². The van der Waals surface area contributed by atoms with E-state index in [1.165, 1.54) is 11.1 Å². The van der Waals surface area contributed by atoms with E-state index >= 15 is 0 Å². The Hall–Kier alpha value is -2.89. The summed E-state index contributed by atoms with van der Waals surface area (Å²) in [6, 6.07) is 22.5. The normalized spacial score (nSPS) is 17.1. The smallest absolute Gasteiger partial charge is 0.142 e. The maximum absolute atomic E-state index is 5.97. The Kier molecular flexibility index (Phi) is 6.39. The van der Waals surface area contributed by atoms with Gasteiger partial charge >= 0.3 is 0 Å². The minimum atomic E-state index is 0.133. The lowest BCUT2D eigenvalue weighted by Gasteiger charge is -2.33. The number of rotatable bonds is 7. The molecule has 1 aliphatic heterocycles. The van der Waals surface area contributed by atoms with Gasteiger partial charge < -0.3 is 14.8 Å². The van der Waals surface area contributed by atoms with Crippen molar-refractivity contribution in [2.24, 2.45) is 0 Å². The van der Waals surface area contributed by atoms with Crippen LogP contribution in [0.3, 0.4) is 0 Å². The van der Waals surface area contributed by atoms with Crippen LogP contribution in [0, 0.1) is 0 Å². The van der Waals surface area contributed by atoms with E-state index in [4.69, 9.17) is 9.47 Å². The Bertz CT molecular complexity index is 900. The first kappa shape index (κ1) is 19.4. The van der Waals surface area contributed by atoms with Gasteiger partial charge in [-0.1, -0.05) is 48.5 Å². The molecular weight excluding hydrogens is 362 g/mol. The van der Waals surface area contributed by atoms with Crippen molar-refractivity contribution >= 4 is 11.5 Å². The second-order valence-corrected chi connectivity index (χ2v) is 7.11. The maximum Gasteiger partial charge on any atom is 0.142 e. The van der Waals surface area contributed by atoms with E-state index in [1.54, 1.807) is 0 Å². The fourth-order valence-corrected chi connectivity index (χ4v) is 3.55. The van der Waals surface area contributed by atoms with Crippen LogP contribution < -0.4 is 10.1 Å². The fraction of sp³-hybridized carbons (Fsp3) is 0.292. The fourth-order valence-electron chi connectivity index (χ4n) is 3.55. The molecule has 0 amide bonds. The van der Waals surface area contributed by atoms with Gasteiger partial charge in [-0.05, 0) is 36.2 Å². The number of ether oxygens (including phenoxy) is 2. The van der Waals surface area contributed by atoms with Crippen LogP contribution in [0.1, 0.15) is 24.2 Å². The van der Waals surface area contributed by atoms with Gasteiger partial charge in [0.15, 0.2) is 0 Å². The second-order valence-electron chi connectivity index (χ2n) is 7.11. The van der Waals surface area contributed by atoms with Crippen LogP contribution in [0.15, 0.2) is 72.9 Å². The number of para-hydroxylation sites is 2. The summed E-state index contributed by atoms with van der Waals surface area (Å²) >= 11 is 0. The van der Waals surface area contributed by atoms with Crippen LogP contribution in [-0.4, -0.2) is 36.2 Å². The van der Waals surface area contributed by atoms with E-state index in [2.05, 4.69) is 45.5 Å². The second kappa shape index (κ2) is 9.54. The van der Waals surface area contributed by atoms with Gasteiger partial charge in [-0.15, -0.1) is 0 Å². The summed E-state index contributed by atoms with van der Waals surface area (Å²) in [7, 11) is 0. The summed E-state index contributed by atoms with van der Waals surface area (Å²) in [5.41, 5.74) is 3.36. The number of morpholine rings is 1. The number of nitrogens with one attached hydrogen (secondary N) is 1. The van der Waals surface area contributed by atoms with Gasteiger partial charge in [-0.3, -0.25) is 4.90 Å². The number of aromatic nitrogens is 1. The Morgan fingerprint density at radius 1 is 1.07 bits per heavy atom. The third-order valence-electron chi connectivity index (χ3n) is 5.00. The van der Waals surface area contributed by atoms with Crippen molar-refractivity contribution in [3.8, 4) is 5.75 Å². The molecule has 29 heavy (non-hydrogen) atoms. The van der Waals surface area contributed by atoms with Crippen molar-refractivity contribution < 1.29 is 9.47 Å². The molecule has 4 rings (SSSR count). The topological polar surface area (TPSA) is 46.6 Å². The van der Waals surface area contributed by atoms with Crippen LogP contribution in [0.25, 0.3) is 0 Å². The van der Waals surface area contributed by atoms with Crippen molar-refractivity contribution in [2.75, 3.05) is 31.6 Å². The molecule has 0 aliphatic carbocycles. The average Bonchev–Trinajstić information content (AvgIpc) is 2.77. The summed E-state index contributed by atoms with van der Waals surface area (Å²) in [4.78, 5) is 7.02. The molecule has 1 aliphatic rings. The van der Waals surface area contributed by atoms with Crippen LogP contribution >= 0.6 is 0 Å². The highest BCUT2D eigenvalue weighted by Gasteiger charge is 2.21. The Labute approximate surface area is 172 Å². The molecule has 1 N–H and O–H groups in total. The molecule has 1 saturated heterocycles. The number of benzene rings is 2. The third kappa shape index (κ3) is 5.13. The lowest BCUT2D eigenvalue weighted by Crippen LogP contribution is -2.37. The molecule has 2 heterocycles. The summed E-state index contributed by atoms with van der Waals surface area (Å²) in [6.07, 6.45) is 2.08. The number of anilines is 2. The number of hydrogen-bond donors (Lipinski definition) is 1. The molecular formula is C24H27N3O2. The minimum Gasteiger partial charge on any atom is -0.492 e. The zero-order valence-electron chi connectivity index (χ0n) is 16.8. The third-order valence-corrected chi connectivity index (χ3v) is 5.00. The molecule has 3 aromatic rings. The molecule has 1 fully saturated rings. The van der Waals surface area contributed by atoms with Gasteiger partial charge in [0.25, 0.3) is 0 Å². The van der Waals surface area contributed by atoms with E-state index in [0.717, 1.165) is 43.5 Å². The molecule has 1 aromatic heterocycles. The molecule has 1 unspecified atom stereocenters. The predicted octanol–water partition coefficient (Wildman–Crippen LogP) is 4.80. The van der Waals surface area contributed by atoms with E-state index in [-0.39, 0.29) is 6.10 Å². The minimum absolute atomic E-state index is 0.133. The first-order valence-electron chi connectivity index (χ1n) is 10.1. The maximum atomic E-state index is 5.97. The summed E-state index contributed by atoms with van der Waals surface area (Å²) in [5, 5.41) is 3.35. The predicted molar refractivity (Wildman–Crippen MR) is 116 cm³/mol. The Balaban J connectivity index is 1.37. The van der Waals surface area contributed by atoms with Crippen molar-refractivity contribution in [2.45, 2.75) is 19.6 Å². The van der Waals surface area contributed by atoms with Crippen molar-refractivity contribution in [1.82, 2.24) is 9.88 Å². The SMILES string of the molecule is CCOc1ccccc1Nc1ccc(CN2CCOC(c3ccccc3)C2)cn1. The van der Waals surface area contributed by atoms with Gasteiger partial charge in [0.2, 0.25) is 0 Å². The Morgan fingerprint density at radius 2 is 1.90 bits per heavy atom.